The lowest BCUT2D eigenvalue weighted by atomic mass is 10.3. The molecule has 2 amide bonds. The van der Waals surface area contributed by atoms with E-state index in [2.05, 4.69) is 15.6 Å². The minimum Gasteiger partial charge on any atom is -0.383 e. The summed E-state index contributed by atoms with van der Waals surface area (Å²) < 4.78 is 6.87. The summed E-state index contributed by atoms with van der Waals surface area (Å²) in [7, 11) is 3.56. The van der Waals surface area contributed by atoms with Gasteiger partial charge in [-0.1, -0.05) is 0 Å². The van der Waals surface area contributed by atoms with Gasteiger partial charge in [-0.15, -0.1) is 0 Å². The van der Waals surface area contributed by atoms with Crippen molar-refractivity contribution in [3.63, 3.8) is 0 Å². The van der Waals surface area contributed by atoms with Gasteiger partial charge in [0.05, 0.1) is 17.6 Å². The summed E-state index contributed by atoms with van der Waals surface area (Å²) in [4.78, 5) is 16.0. The molecule has 0 aliphatic carbocycles. The highest BCUT2D eigenvalue weighted by Crippen LogP contribution is 2.19. The molecule has 0 spiro atoms. The zero-order valence-corrected chi connectivity index (χ0v) is 11.4. The van der Waals surface area contributed by atoms with Crippen LogP contribution in [0.25, 0.3) is 11.0 Å². The number of benzene rings is 1. The van der Waals surface area contributed by atoms with Crippen molar-refractivity contribution < 1.29 is 9.53 Å². The Bertz CT molecular complexity index is 592. The van der Waals surface area contributed by atoms with Crippen LogP contribution in [0.1, 0.15) is 5.82 Å². The van der Waals surface area contributed by atoms with Crippen LogP contribution in [0.4, 0.5) is 10.5 Å². The van der Waals surface area contributed by atoms with Gasteiger partial charge in [-0.2, -0.15) is 0 Å². The third kappa shape index (κ3) is 3.03. The van der Waals surface area contributed by atoms with Crippen LogP contribution in [-0.2, 0) is 11.8 Å². The van der Waals surface area contributed by atoms with Crippen molar-refractivity contribution in [2.24, 2.45) is 7.05 Å². The van der Waals surface area contributed by atoms with Gasteiger partial charge in [-0.05, 0) is 25.1 Å². The maximum atomic E-state index is 11.6. The number of imidazole rings is 1. The predicted molar refractivity (Wildman–Crippen MR) is 74.3 cm³/mol. The third-order valence-corrected chi connectivity index (χ3v) is 2.95. The molecule has 0 bridgehead atoms. The molecule has 2 N–H and O–H groups in total. The average molecular weight is 262 g/mol. The van der Waals surface area contributed by atoms with Gasteiger partial charge in [0.15, 0.2) is 0 Å². The number of urea groups is 1. The number of aromatic nitrogens is 2. The number of amides is 2. The first-order chi connectivity index (χ1) is 9.11. The van der Waals surface area contributed by atoms with Crippen LogP contribution in [0.2, 0.25) is 0 Å². The Balaban J connectivity index is 2.07. The number of hydrogen-bond donors (Lipinski definition) is 2. The van der Waals surface area contributed by atoms with Crippen LogP contribution < -0.4 is 10.6 Å². The fourth-order valence-electron chi connectivity index (χ4n) is 1.84. The molecule has 2 rings (SSSR count). The quantitative estimate of drug-likeness (QED) is 0.823. The number of anilines is 1. The SMILES string of the molecule is COCCNC(=O)Nc1ccc2c(c1)nc(C)n2C. The molecule has 0 atom stereocenters. The lowest BCUT2D eigenvalue weighted by Gasteiger charge is -2.07. The summed E-state index contributed by atoms with van der Waals surface area (Å²) in [5.74, 6) is 0.941. The third-order valence-electron chi connectivity index (χ3n) is 2.95. The maximum absolute atomic E-state index is 11.6. The van der Waals surface area contributed by atoms with Crippen molar-refractivity contribution in [2.75, 3.05) is 25.6 Å². The van der Waals surface area contributed by atoms with Crippen LogP contribution in [-0.4, -0.2) is 35.8 Å². The number of fused-ring (bicyclic) bond motifs is 1. The van der Waals surface area contributed by atoms with Gasteiger partial charge in [-0.25, -0.2) is 9.78 Å². The first-order valence-electron chi connectivity index (χ1n) is 6.08. The highest BCUT2D eigenvalue weighted by atomic mass is 16.5. The topological polar surface area (TPSA) is 68.2 Å². The average Bonchev–Trinajstić information content (AvgIpc) is 2.65. The maximum Gasteiger partial charge on any atom is 0.319 e. The second-order valence-corrected chi connectivity index (χ2v) is 4.30. The van der Waals surface area contributed by atoms with Crippen LogP contribution >= 0.6 is 0 Å². The van der Waals surface area contributed by atoms with Crippen LogP contribution in [0.5, 0.6) is 0 Å². The fraction of sp³-hybridized carbons (Fsp3) is 0.385. The Morgan fingerprint density at radius 3 is 3.00 bits per heavy atom. The van der Waals surface area contributed by atoms with E-state index in [1.807, 2.05) is 36.7 Å². The molecule has 0 aliphatic rings. The Morgan fingerprint density at radius 2 is 2.26 bits per heavy atom. The molecule has 1 heterocycles. The van der Waals surface area contributed by atoms with Crippen molar-refractivity contribution >= 4 is 22.8 Å². The Labute approximate surface area is 111 Å². The number of nitrogens with zero attached hydrogens (tertiary/aromatic N) is 2. The normalized spacial score (nSPS) is 10.7. The summed E-state index contributed by atoms with van der Waals surface area (Å²) in [5, 5.41) is 5.46. The number of hydrogen-bond acceptors (Lipinski definition) is 3. The van der Waals surface area contributed by atoms with Gasteiger partial charge in [-0.3, -0.25) is 0 Å². The minimum atomic E-state index is -0.246. The number of carbonyl (C=O) groups is 1. The van der Waals surface area contributed by atoms with Gasteiger partial charge in [0.25, 0.3) is 0 Å². The van der Waals surface area contributed by atoms with Gasteiger partial charge < -0.3 is 19.9 Å². The smallest absolute Gasteiger partial charge is 0.319 e. The molecule has 102 valence electrons. The molecule has 19 heavy (non-hydrogen) atoms. The van der Waals surface area contributed by atoms with Crippen LogP contribution in [0.15, 0.2) is 18.2 Å². The fourth-order valence-corrected chi connectivity index (χ4v) is 1.84. The molecule has 1 aromatic heterocycles. The molecule has 0 unspecified atom stereocenters. The first-order valence-corrected chi connectivity index (χ1v) is 6.08. The molecule has 0 saturated heterocycles. The zero-order valence-electron chi connectivity index (χ0n) is 11.4. The molecular weight excluding hydrogens is 244 g/mol. The van der Waals surface area contributed by atoms with Crippen molar-refractivity contribution in [1.82, 2.24) is 14.9 Å². The summed E-state index contributed by atoms with van der Waals surface area (Å²) in [6, 6.07) is 5.42. The molecule has 0 saturated carbocycles. The zero-order chi connectivity index (χ0) is 13.8. The number of carbonyl (C=O) groups excluding carboxylic acids is 1. The number of nitrogens with one attached hydrogen (secondary N) is 2. The largest absolute Gasteiger partial charge is 0.383 e. The number of ether oxygens (including phenoxy) is 1. The Hall–Kier alpha value is -2.08. The summed E-state index contributed by atoms with van der Waals surface area (Å²) in [6.45, 7) is 2.92. The standard InChI is InChI=1S/C13H18N4O2/c1-9-15-11-8-10(4-5-12(11)17(9)2)16-13(18)14-6-7-19-3/h4-5,8H,6-7H2,1-3H3,(H2,14,16,18). The lowest BCUT2D eigenvalue weighted by molar-refractivity contribution is 0.198. The molecule has 6 heteroatoms. The van der Waals surface area contributed by atoms with E-state index in [1.165, 1.54) is 0 Å². The molecular formula is C13H18N4O2. The second-order valence-electron chi connectivity index (χ2n) is 4.30. The van der Waals surface area contributed by atoms with Crippen molar-refractivity contribution in [3.05, 3.63) is 24.0 Å². The Morgan fingerprint density at radius 1 is 1.47 bits per heavy atom. The van der Waals surface area contributed by atoms with Crippen LogP contribution in [0, 0.1) is 6.92 Å². The predicted octanol–water partition coefficient (Wildman–Crippen LogP) is 1.65. The van der Waals surface area contributed by atoms with Gasteiger partial charge in [0.2, 0.25) is 0 Å². The molecule has 0 fully saturated rings. The molecule has 2 aromatic rings. The number of methoxy groups -OCH3 is 1. The van der Waals surface area contributed by atoms with E-state index in [4.69, 9.17) is 4.74 Å². The highest BCUT2D eigenvalue weighted by molar-refractivity contribution is 5.92. The molecule has 0 aliphatic heterocycles. The summed E-state index contributed by atoms with van der Waals surface area (Å²) >= 11 is 0. The molecule has 1 aromatic carbocycles. The second kappa shape index (κ2) is 5.71. The van der Waals surface area contributed by atoms with Gasteiger partial charge in [0.1, 0.15) is 5.82 Å². The van der Waals surface area contributed by atoms with E-state index in [9.17, 15) is 4.79 Å². The number of aryl methyl sites for hydroxylation is 2. The van der Waals surface area contributed by atoms with E-state index in [0.29, 0.717) is 13.2 Å². The monoisotopic (exact) mass is 262 g/mol. The Kier molecular flexibility index (Phi) is 4.01. The lowest BCUT2D eigenvalue weighted by Crippen LogP contribution is -2.31. The van der Waals surface area contributed by atoms with E-state index in [-0.39, 0.29) is 6.03 Å². The van der Waals surface area contributed by atoms with Crippen molar-refractivity contribution in [2.45, 2.75) is 6.92 Å². The molecule has 6 nitrogen and oxygen atoms in total. The highest BCUT2D eigenvalue weighted by Gasteiger charge is 2.06. The minimum absolute atomic E-state index is 0.246. The van der Waals surface area contributed by atoms with Gasteiger partial charge >= 0.3 is 6.03 Å². The number of rotatable bonds is 4. The van der Waals surface area contributed by atoms with E-state index in [0.717, 1.165) is 22.5 Å². The van der Waals surface area contributed by atoms with Crippen molar-refractivity contribution in [3.8, 4) is 0 Å². The van der Waals surface area contributed by atoms with E-state index >= 15 is 0 Å². The van der Waals surface area contributed by atoms with Gasteiger partial charge in [0, 0.05) is 26.4 Å². The molecule has 0 radical (unpaired) electrons. The summed E-state index contributed by atoms with van der Waals surface area (Å²) in [5.41, 5.74) is 2.64. The summed E-state index contributed by atoms with van der Waals surface area (Å²) in [6.07, 6.45) is 0. The first kappa shape index (κ1) is 13.4. The van der Waals surface area contributed by atoms with Crippen molar-refractivity contribution in [1.29, 1.82) is 0 Å². The van der Waals surface area contributed by atoms with Crippen LogP contribution in [0.3, 0.4) is 0 Å². The van der Waals surface area contributed by atoms with E-state index in [1.54, 1.807) is 7.11 Å². The van der Waals surface area contributed by atoms with E-state index < -0.39 is 0 Å².